The molecule has 1 amide bonds. The second-order valence-corrected chi connectivity index (χ2v) is 5.40. The molecule has 110 valence electrons. The summed E-state index contributed by atoms with van der Waals surface area (Å²) in [7, 11) is 0. The van der Waals surface area contributed by atoms with Crippen molar-refractivity contribution in [3.8, 4) is 0 Å². The summed E-state index contributed by atoms with van der Waals surface area (Å²) in [6.45, 7) is 1.70. The Labute approximate surface area is 124 Å². The van der Waals surface area contributed by atoms with E-state index in [1.165, 1.54) is 11.5 Å². The molecule has 0 unspecified atom stereocenters. The van der Waals surface area contributed by atoms with E-state index in [-0.39, 0.29) is 17.3 Å². The summed E-state index contributed by atoms with van der Waals surface area (Å²) in [6, 6.07) is 9.38. The molecule has 2 N–H and O–H groups in total. The summed E-state index contributed by atoms with van der Waals surface area (Å²) in [5, 5.41) is 11.6. The van der Waals surface area contributed by atoms with Crippen molar-refractivity contribution in [3.05, 3.63) is 56.1 Å². The van der Waals surface area contributed by atoms with Crippen molar-refractivity contribution in [1.82, 2.24) is 9.88 Å². The van der Waals surface area contributed by atoms with Crippen LogP contribution in [0, 0.1) is 6.92 Å². The molecule has 1 aromatic carbocycles. The maximum atomic E-state index is 11.9. The van der Waals surface area contributed by atoms with Crippen LogP contribution in [0.4, 0.5) is 0 Å². The van der Waals surface area contributed by atoms with Gasteiger partial charge in [0.1, 0.15) is 11.4 Å². The number of carboxylic acids is 1. The first-order valence-electron chi connectivity index (χ1n) is 6.23. The van der Waals surface area contributed by atoms with Crippen molar-refractivity contribution in [3.63, 3.8) is 0 Å². The highest BCUT2D eigenvalue weighted by atomic mass is 32.1. The Balaban J connectivity index is 2.03. The van der Waals surface area contributed by atoms with Crippen LogP contribution >= 0.6 is 11.3 Å². The maximum Gasteiger partial charge on any atom is 0.347 e. The van der Waals surface area contributed by atoms with Gasteiger partial charge in [-0.1, -0.05) is 41.7 Å². The molecule has 6 nitrogen and oxygen atoms in total. The number of benzene rings is 1. The van der Waals surface area contributed by atoms with Gasteiger partial charge >= 0.3 is 10.8 Å². The molecule has 0 aliphatic carbocycles. The van der Waals surface area contributed by atoms with Crippen LogP contribution in [-0.2, 0) is 17.9 Å². The van der Waals surface area contributed by atoms with Gasteiger partial charge in [-0.2, -0.15) is 0 Å². The number of rotatable bonds is 5. The molecule has 1 aromatic heterocycles. The average molecular weight is 306 g/mol. The molecule has 0 aliphatic rings. The zero-order valence-electron chi connectivity index (χ0n) is 11.3. The number of aromatic nitrogens is 1. The molecule has 0 radical (unpaired) electrons. The quantitative estimate of drug-likeness (QED) is 0.869. The first kappa shape index (κ1) is 15.0. The average Bonchev–Trinajstić information content (AvgIpc) is 2.74. The third-order valence-electron chi connectivity index (χ3n) is 2.97. The highest BCUT2D eigenvalue weighted by Gasteiger charge is 2.18. The fraction of sp³-hybridized carbons (Fsp3) is 0.214. The second kappa shape index (κ2) is 6.36. The van der Waals surface area contributed by atoms with Crippen molar-refractivity contribution in [1.29, 1.82) is 0 Å². The minimum Gasteiger partial charge on any atom is -0.477 e. The van der Waals surface area contributed by atoms with Gasteiger partial charge in [0.15, 0.2) is 0 Å². The van der Waals surface area contributed by atoms with Crippen LogP contribution in [0.5, 0.6) is 0 Å². The molecule has 0 saturated carbocycles. The molecule has 2 rings (SSSR count). The van der Waals surface area contributed by atoms with Crippen LogP contribution in [0.25, 0.3) is 0 Å². The van der Waals surface area contributed by atoms with E-state index < -0.39 is 10.8 Å². The lowest BCUT2D eigenvalue weighted by Gasteiger charge is -2.07. The van der Waals surface area contributed by atoms with Gasteiger partial charge in [0, 0.05) is 12.2 Å². The summed E-state index contributed by atoms with van der Waals surface area (Å²) in [6.07, 6.45) is 0. The van der Waals surface area contributed by atoms with E-state index >= 15 is 0 Å². The summed E-state index contributed by atoms with van der Waals surface area (Å²) >= 11 is 0.633. The third-order valence-corrected chi connectivity index (χ3v) is 4.04. The number of aromatic carboxylic acids is 1. The number of carbonyl (C=O) groups is 2. The van der Waals surface area contributed by atoms with Gasteiger partial charge in [-0.3, -0.25) is 14.2 Å². The standard InChI is InChI=1S/C14H14N2O4S/c1-9-12(13(18)19)21-14(20)16(9)8-11(17)15-7-10-5-3-2-4-6-10/h2-6H,7-8H2,1H3,(H,15,17)(H,18,19). The summed E-state index contributed by atoms with van der Waals surface area (Å²) in [4.78, 5) is 34.0. The Morgan fingerprint density at radius 2 is 1.95 bits per heavy atom. The molecule has 0 saturated heterocycles. The molecule has 0 atom stereocenters. The van der Waals surface area contributed by atoms with E-state index in [0.29, 0.717) is 23.6 Å². The number of hydrogen-bond donors (Lipinski definition) is 2. The highest BCUT2D eigenvalue weighted by Crippen LogP contribution is 2.11. The molecule has 0 fully saturated rings. The summed E-state index contributed by atoms with van der Waals surface area (Å²) in [5.74, 6) is -1.49. The lowest BCUT2D eigenvalue weighted by molar-refractivity contribution is -0.121. The number of nitrogens with one attached hydrogen (secondary N) is 1. The first-order chi connectivity index (χ1) is 9.99. The number of thiazole rings is 1. The Kier molecular flexibility index (Phi) is 4.54. The van der Waals surface area contributed by atoms with Gasteiger partial charge in [0.05, 0.1) is 0 Å². The monoisotopic (exact) mass is 306 g/mol. The molecular weight excluding hydrogens is 292 g/mol. The number of amides is 1. The van der Waals surface area contributed by atoms with Gasteiger partial charge in [-0.05, 0) is 12.5 Å². The van der Waals surface area contributed by atoms with Crippen LogP contribution in [0.3, 0.4) is 0 Å². The lowest BCUT2D eigenvalue weighted by Crippen LogP contribution is -2.30. The molecule has 2 aromatic rings. The Morgan fingerprint density at radius 1 is 1.29 bits per heavy atom. The van der Waals surface area contributed by atoms with Gasteiger partial charge in [-0.15, -0.1) is 0 Å². The second-order valence-electron chi connectivity index (χ2n) is 4.44. The van der Waals surface area contributed by atoms with E-state index in [9.17, 15) is 14.4 Å². The largest absolute Gasteiger partial charge is 0.477 e. The lowest BCUT2D eigenvalue weighted by atomic mass is 10.2. The van der Waals surface area contributed by atoms with E-state index in [1.54, 1.807) is 0 Å². The van der Waals surface area contributed by atoms with Crippen molar-refractivity contribution in [2.75, 3.05) is 0 Å². The van der Waals surface area contributed by atoms with E-state index in [0.717, 1.165) is 5.56 Å². The minimum absolute atomic E-state index is 0.0316. The molecule has 0 bridgehead atoms. The zero-order chi connectivity index (χ0) is 15.4. The van der Waals surface area contributed by atoms with Gasteiger partial charge in [0.25, 0.3) is 0 Å². The normalized spacial score (nSPS) is 10.3. The molecule has 7 heteroatoms. The van der Waals surface area contributed by atoms with E-state index in [1.807, 2.05) is 30.3 Å². The predicted molar refractivity (Wildman–Crippen MR) is 78.6 cm³/mol. The number of carboxylic acid groups (broad SMARTS) is 1. The zero-order valence-corrected chi connectivity index (χ0v) is 12.1. The van der Waals surface area contributed by atoms with Crippen molar-refractivity contribution in [2.45, 2.75) is 20.0 Å². The number of hydrogen-bond acceptors (Lipinski definition) is 4. The third kappa shape index (κ3) is 3.57. The molecule has 1 heterocycles. The Bertz CT molecular complexity index is 718. The molecule has 21 heavy (non-hydrogen) atoms. The Hall–Kier alpha value is -2.41. The van der Waals surface area contributed by atoms with Crippen molar-refractivity contribution < 1.29 is 14.7 Å². The van der Waals surface area contributed by atoms with E-state index in [2.05, 4.69) is 5.32 Å². The first-order valence-corrected chi connectivity index (χ1v) is 7.05. The fourth-order valence-corrected chi connectivity index (χ4v) is 2.68. The molecule has 0 spiro atoms. The fourth-order valence-electron chi connectivity index (χ4n) is 1.85. The SMILES string of the molecule is Cc1c(C(=O)O)sc(=O)n1CC(=O)NCc1ccccc1. The van der Waals surface area contributed by atoms with Crippen molar-refractivity contribution in [2.24, 2.45) is 0 Å². The summed E-state index contributed by atoms with van der Waals surface area (Å²) in [5.41, 5.74) is 1.25. The Morgan fingerprint density at radius 3 is 2.52 bits per heavy atom. The van der Waals surface area contributed by atoms with Crippen LogP contribution in [-0.4, -0.2) is 21.6 Å². The van der Waals surface area contributed by atoms with Crippen molar-refractivity contribution >= 4 is 23.2 Å². The molecular formula is C14H14N2O4S. The van der Waals surface area contributed by atoms with Gasteiger partial charge in [0.2, 0.25) is 5.91 Å². The minimum atomic E-state index is -1.15. The number of nitrogens with zero attached hydrogens (tertiary/aromatic N) is 1. The summed E-state index contributed by atoms with van der Waals surface area (Å²) < 4.78 is 1.18. The highest BCUT2D eigenvalue weighted by molar-refractivity contribution is 7.11. The van der Waals surface area contributed by atoms with Crippen LogP contribution in [0.2, 0.25) is 0 Å². The van der Waals surface area contributed by atoms with Gasteiger partial charge < -0.3 is 10.4 Å². The van der Waals surface area contributed by atoms with Crippen LogP contribution < -0.4 is 10.2 Å². The predicted octanol–water partition coefficient (Wildman–Crippen LogP) is 1.23. The van der Waals surface area contributed by atoms with Gasteiger partial charge in [-0.25, -0.2) is 4.79 Å². The molecule has 0 aliphatic heterocycles. The smallest absolute Gasteiger partial charge is 0.347 e. The number of carbonyl (C=O) groups excluding carboxylic acids is 1. The topological polar surface area (TPSA) is 88.4 Å². The van der Waals surface area contributed by atoms with Crippen LogP contribution in [0.1, 0.15) is 20.9 Å². The van der Waals surface area contributed by atoms with E-state index in [4.69, 9.17) is 5.11 Å². The maximum absolute atomic E-state index is 11.9. The van der Waals surface area contributed by atoms with Crippen LogP contribution in [0.15, 0.2) is 35.1 Å².